The molecule has 1 aromatic heterocycles. The first-order valence-electron chi connectivity index (χ1n) is 6.56. The van der Waals surface area contributed by atoms with Crippen molar-refractivity contribution in [1.82, 2.24) is 15.2 Å². The molecule has 0 saturated carbocycles. The van der Waals surface area contributed by atoms with Crippen LogP contribution in [0.5, 0.6) is 0 Å². The van der Waals surface area contributed by atoms with E-state index in [1.165, 1.54) is 25.1 Å². The summed E-state index contributed by atoms with van der Waals surface area (Å²) in [4.78, 5) is 6.50. The van der Waals surface area contributed by atoms with E-state index >= 15 is 0 Å². The van der Waals surface area contributed by atoms with Crippen molar-refractivity contribution in [2.24, 2.45) is 5.92 Å². The summed E-state index contributed by atoms with van der Waals surface area (Å²) >= 11 is 0. The fourth-order valence-corrected chi connectivity index (χ4v) is 2.52. The lowest BCUT2D eigenvalue weighted by Crippen LogP contribution is -2.33. The minimum Gasteiger partial charge on any atom is -0.314 e. The van der Waals surface area contributed by atoms with Crippen LogP contribution in [0.2, 0.25) is 0 Å². The fourth-order valence-electron chi connectivity index (χ4n) is 2.52. The number of pyridine rings is 1. The van der Waals surface area contributed by atoms with Gasteiger partial charge in [-0.2, -0.15) is 0 Å². The first-order chi connectivity index (χ1) is 8.25. The average Bonchev–Trinajstić information content (AvgIpc) is 2.74. The van der Waals surface area contributed by atoms with Crippen LogP contribution in [0.15, 0.2) is 24.5 Å². The maximum absolute atomic E-state index is 4.04. The molecule has 3 nitrogen and oxygen atoms in total. The van der Waals surface area contributed by atoms with Crippen LogP contribution in [0, 0.1) is 5.92 Å². The summed E-state index contributed by atoms with van der Waals surface area (Å²) in [7, 11) is 2.23. The number of rotatable bonds is 5. The van der Waals surface area contributed by atoms with Crippen LogP contribution in [0.25, 0.3) is 0 Å². The molecule has 2 unspecified atom stereocenters. The monoisotopic (exact) mass is 233 g/mol. The Kier molecular flexibility index (Phi) is 4.51. The first-order valence-corrected chi connectivity index (χ1v) is 6.56. The van der Waals surface area contributed by atoms with Gasteiger partial charge in [-0.15, -0.1) is 0 Å². The second-order valence-corrected chi connectivity index (χ2v) is 5.16. The molecule has 3 heteroatoms. The standard InChI is InChI=1S/C14H23N3/c1-12-14(5-9-16-12)11-17(2)10-6-13-3-7-15-8-4-13/h3-4,7-8,12,14,16H,5-6,9-11H2,1-2H3. The molecular formula is C14H23N3. The summed E-state index contributed by atoms with van der Waals surface area (Å²) in [6.07, 6.45) is 6.19. The van der Waals surface area contributed by atoms with Crippen molar-refractivity contribution < 1.29 is 0 Å². The highest BCUT2D eigenvalue weighted by atomic mass is 15.1. The zero-order valence-electron chi connectivity index (χ0n) is 10.9. The number of hydrogen-bond acceptors (Lipinski definition) is 3. The van der Waals surface area contributed by atoms with Crippen molar-refractivity contribution in [2.75, 3.05) is 26.7 Å². The average molecular weight is 233 g/mol. The van der Waals surface area contributed by atoms with E-state index in [0.29, 0.717) is 6.04 Å². The molecule has 1 fully saturated rings. The van der Waals surface area contributed by atoms with Gasteiger partial charge < -0.3 is 10.2 Å². The Morgan fingerprint density at radius 1 is 1.41 bits per heavy atom. The van der Waals surface area contributed by atoms with Gasteiger partial charge >= 0.3 is 0 Å². The van der Waals surface area contributed by atoms with Crippen LogP contribution in [-0.4, -0.2) is 42.6 Å². The highest BCUT2D eigenvalue weighted by Crippen LogP contribution is 2.16. The molecule has 2 rings (SSSR count). The number of likely N-dealkylation sites (N-methyl/N-ethyl adjacent to an activating group) is 1. The van der Waals surface area contributed by atoms with Gasteiger partial charge in [-0.25, -0.2) is 0 Å². The van der Waals surface area contributed by atoms with Crippen LogP contribution < -0.4 is 5.32 Å². The van der Waals surface area contributed by atoms with Crippen molar-refractivity contribution in [3.63, 3.8) is 0 Å². The van der Waals surface area contributed by atoms with Crippen LogP contribution in [-0.2, 0) is 6.42 Å². The smallest absolute Gasteiger partial charge is 0.0270 e. The van der Waals surface area contributed by atoms with Gasteiger partial charge in [0, 0.05) is 31.5 Å². The largest absolute Gasteiger partial charge is 0.314 e. The van der Waals surface area contributed by atoms with Gasteiger partial charge in [0.25, 0.3) is 0 Å². The molecule has 1 saturated heterocycles. The maximum atomic E-state index is 4.04. The summed E-state index contributed by atoms with van der Waals surface area (Å²) in [6.45, 7) is 5.82. The third-order valence-corrected chi connectivity index (χ3v) is 3.77. The van der Waals surface area contributed by atoms with Gasteiger partial charge in [-0.1, -0.05) is 0 Å². The van der Waals surface area contributed by atoms with E-state index < -0.39 is 0 Å². The normalized spacial score (nSPS) is 24.4. The SMILES string of the molecule is CC1NCCC1CN(C)CCc1ccncc1. The van der Waals surface area contributed by atoms with Crippen LogP contribution in [0.4, 0.5) is 0 Å². The minimum atomic E-state index is 0.679. The summed E-state index contributed by atoms with van der Waals surface area (Å²) in [5.41, 5.74) is 1.38. The molecule has 2 atom stereocenters. The van der Waals surface area contributed by atoms with E-state index in [1.54, 1.807) is 0 Å². The second kappa shape index (κ2) is 6.12. The van der Waals surface area contributed by atoms with Crippen molar-refractivity contribution in [1.29, 1.82) is 0 Å². The van der Waals surface area contributed by atoms with Crippen LogP contribution in [0.1, 0.15) is 18.9 Å². The zero-order valence-corrected chi connectivity index (χ0v) is 10.9. The zero-order chi connectivity index (χ0) is 12.1. The molecule has 1 aromatic rings. The molecule has 17 heavy (non-hydrogen) atoms. The third-order valence-electron chi connectivity index (χ3n) is 3.77. The van der Waals surface area contributed by atoms with E-state index in [-0.39, 0.29) is 0 Å². The molecule has 1 N–H and O–H groups in total. The molecular weight excluding hydrogens is 210 g/mol. The Morgan fingerprint density at radius 2 is 2.18 bits per heavy atom. The number of nitrogens with one attached hydrogen (secondary N) is 1. The molecule has 2 heterocycles. The summed E-state index contributed by atoms with van der Waals surface area (Å²) < 4.78 is 0. The third kappa shape index (κ3) is 3.79. The van der Waals surface area contributed by atoms with Gasteiger partial charge in [-0.3, -0.25) is 4.98 Å². The Bertz CT molecular complexity index is 325. The molecule has 0 aromatic carbocycles. The molecule has 0 spiro atoms. The molecule has 1 aliphatic heterocycles. The van der Waals surface area contributed by atoms with Crippen molar-refractivity contribution in [3.05, 3.63) is 30.1 Å². The van der Waals surface area contributed by atoms with Gasteiger partial charge in [0.05, 0.1) is 0 Å². The van der Waals surface area contributed by atoms with Gasteiger partial charge in [0.1, 0.15) is 0 Å². The van der Waals surface area contributed by atoms with Crippen LogP contribution in [0.3, 0.4) is 0 Å². The Balaban J connectivity index is 1.72. The number of nitrogens with zero attached hydrogens (tertiary/aromatic N) is 2. The predicted octanol–water partition coefficient (Wildman–Crippen LogP) is 1.55. The molecule has 0 radical (unpaired) electrons. The maximum Gasteiger partial charge on any atom is 0.0270 e. The topological polar surface area (TPSA) is 28.2 Å². The van der Waals surface area contributed by atoms with E-state index in [0.717, 1.165) is 18.9 Å². The highest BCUT2D eigenvalue weighted by Gasteiger charge is 2.23. The first kappa shape index (κ1) is 12.5. The lowest BCUT2D eigenvalue weighted by molar-refractivity contribution is 0.269. The van der Waals surface area contributed by atoms with Crippen molar-refractivity contribution in [3.8, 4) is 0 Å². The second-order valence-electron chi connectivity index (χ2n) is 5.16. The summed E-state index contributed by atoms with van der Waals surface area (Å²) in [6, 6.07) is 4.89. The lowest BCUT2D eigenvalue weighted by Gasteiger charge is -2.23. The lowest BCUT2D eigenvalue weighted by atomic mass is 10.0. The fraction of sp³-hybridized carbons (Fsp3) is 0.643. The van der Waals surface area contributed by atoms with E-state index in [9.17, 15) is 0 Å². The van der Waals surface area contributed by atoms with E-state index in [4.69, 9.17) is 0 Å². The quantitative estimate of drug-likeness (QED) is 0.836. The number of aromatic nitrogens is 1. The van der Waals surface area contributed by atoms with E-state index in [2.05, 4.69) is 41.3 Å². The molecule has 0 bridgehead atoms. The molecule has 0 amide bonds. The Labute approximate surface area is 104 Å². The minimum absolute atomic E-state index is 0.679. The van der Waals surface area contributed by atoms with Crippen LogP contribution >= 0.6 is 0 Å². The van der Waals surface area contributed by atoms with Crippen molar-refractivity contribution >= 4 is 0 Å². The number of hydrogen-bond donors (Lipinski definition) is 1. The van der Waals surface area contributed by atoms with Gasteiger partial charge in [-0.05, 0) is 57.0 Å². The molecule has 94 valence electrons. The molecule has 0 aliphatic carbocycles. The van der Waals surface area contributed by atoms with Gasteiger partial charge in [0.2, 0.25) is 0 Å². The Hall–Kier alpha value is -0.930. The molecule has 1 aliphatic rings. The predicted molar refractivity (Wildman–Crippen MR) is 71.0 cm³/mol. The van der Waals surface area contributed by atoms with E-state index in [1.807, 2.05) is 12.4 Å². The van der Waals surface area contributed by atoms with Crippen molar-refractivity contribution in [2.45, 2.75) is 25.8 Å². The highest BCUT2D eigenvalue weighted by molar-refractivity contribution is 5.09. The summed E-state index contributed by atoms with van der Waals surface area (Å²) in [5.74, 6) is 0.817. The Morgan fingerprint density at radius 3 is 2.82 bits per heavy atom. The summed E-state index contributed by atoms with van der Waals surface area (Å²) in [5, 5.41) is 3.51. The van der Waals surface area contributed by atoms with Gasteiger partial charge in [0.15, 0.2) is 0 Å².